The fourth-order valence-corrected chi connectivity index (χ4v) is 4.53. The SMILES string of the molecule is Cc1c(NC(=O)c2cc(C)n(-c3ccc(Br)cc3)c2C)cccc1C(=O)N1CCCC1. The van der Waals surface area contributed by atoms with Crippen molar-refractivity contribution in [3.05, 3.63) is 81.1 Å². The minimum absolute atomic E-state index is 0.0412. The van der Waals surface area contributed by atoms with Gasteiger partial charge >= 0.3 is 0 Å². The zero-order valence-electron chi connectivity index (χ0n) is 18.0. The molecule has 2 aromatic carbocycles. The fourth-order valence-electron chi connectivity index (χ4n) is 4.26. The zero-order chi connectivity index (χ0) is 22.1. The number of hydrogen-bond acceptors (Lipinski definition) is 2. The molecule has 2 heterocycles. The van der Waals surface area contributed by atoms with Gasteiger partial charge < -0.3 is 14.8 Å². The van der Waals surface area contributed by atoms with Crippen LogP contribution in [0.3, 0.4) is 0 Å². The number of carbonyl (C=O) groups excluding carboxylic acids is 2. The minimum atomic E-state index is -0.176. The van der Waals surface area contributed by atoms with Gasteiger partial charge in [-0.2, -0.15) is 0 Å². The van der Waals surface area contributed by atoms with Gasteiger partial charge in [-0.05, 0) is 81.6 Å². The quantitative estimate of drug-likeness (QED) is 0.525. The number of rotatable bonds is 4. The normalized spacial score (nSPS) is 13.5. The molecule has 2 amide bonds. The number of aryl methyl sites for hydroxylation is 1. The molecule has 0 aliphatic carbocycles. The van der Waals surface area contributed by atoms with Crippen molar-refractivity contribution in [1.29, 1.82) is 0 Å². The Labute approximate surface area is 191 Å². The van der Waals surface area contributed by atoms with Crippen molar-refractivity contribution in [3.8, 4) is 5.69 Å². The van der Waals surface area contributed by atoms with Gasteiger partial charge in [0.2, 0.25) is 0 Å². The Balaban J connectivity index is 1.60. The third-order valence-electron chi connectivity index (χ3n) is 5.97. The largest absolute Gasteiger partial charge is 0.339 e. The Kier molecular flexibility index (Phi) is 6.01. The van der Waals surface area contributed by atoms with Gasteiger partial charge in [-0.3, -0.25) is 9.59 Å². The number of halogens is 1. The Hall–Kier alpha value is -2.86. The summed E-state index contributed by atoms with van der Waals surface area (Å²) in [4.78, 5) is 27.9. The summed E-state index contributed by atoms with van der Waals surface area (Å²) in [5, 5.41) is 3.02. The summed E-state index contributed by atoms with van der Waals surface area (Å²) >= 11 is 3.46. The molecule has 4 rings (SSSR count). The summed E-state index contributed by atoms with van der Waals surface area (Å²) in [6.45, 7) is 7.44. The molecule has 1 aromatic heterocycles. The molecular weight excluding hydrogens is 454 g/mol. The molecule has 0 bridgehead atoms. The van der Waals surface area contributed by atoms with Crippen molar-refractivity contribution in [2.24, 2.45) is 0 Å². The maximum Gasteiger partial charge on any atom is 0.257 e. The molecule has 0 saturated carbocycles. The van der Waals surface area contributed by atoms with Crippen LogP contribution in [0.4, 0.5) is 5.69 Å². The predicted molar refractivity (Wildman–Crippen MR) is 127 cm³/mol. The molecule has 1 aliphatic heterocycles. The van der Waals surface area contributed by atoms with Crippen molar-refractivity contribution < 1.29 is 9.59 Å². The molecule has 6 heteroatoms. The van der Waals surface area contributed by atoms with Crippen molar-refractivity contribution in [3.63, 3.8) is 0 Å². The standard InChI is InChI=1S/C25H26BrN3O2/c1-16-15-22(18(3)29(16)20-11-9-19(26)10-12-20)24(30)27-23-8-6-7-21(17(23)2)25(31)28-13-4-5-14-28/h6-12,15H,4-5,13-14H2,1-3H3,(H,27,30). The van der Waals surface area contributed by atoms with Gasteiger partial charge in [0, 0.05) is 45.9 Å². The number of aromatic nitrogens is 1. The van der Waals surface area contributed by atoms with Crippen LogP contribution in [-0.4, -0.2) is 34.4 Å². The van der Waals surface area contributed by atoms with Crippen molar-refractivity contribution in [1.82, 2.24) is 9.47 Å². The molecule has 1 saturated heterocycles. The van der Waals surface area contributed by atoms with Crippen LogP contribution in [0.15, 0.2) is 53.0 Å². The summed E-state index contributed by atoms with van der Waals surface area (Å²) in [5.41, 5.74) is 5.61. The van der Waals surface area contributed by atoms with Crippen LogP contribution in [-0.2, 0) is 0 Å². The van der Waals surface area contributed by atoms with E-state index in [1.54, 1.807) is 0 Å². The average Bonchev–Trinajstić information content (AvgIpc) is 3.38. The van der Waals surface area contributed by atoms with E-state index in [4.69, 9.17) is 0 Å². The van der Waals surface area contributed by atoms with E-state index in [-0.39, 0.29) is 11.8 Å². The second kappa shape index (κ2) is 8.71. The van der Waals surface area contributed by atoms with Crippen LogP contribution in [0.25, 0.3) is 5.69 Å². The lowest BCUT2D eigenvalue weighted by Crippen LogP contribution is -2.28. The van der Waals surface area contributed by atoms with E-state index in [0.29, 0.717) is 16.8 Å². The molecule has 31 heavy (non-hydrogen) atoms. The van der Waals surface area contributed by atoms with Gasteiger partial charge in [-0.15, -0.1) is 0 Å². The van der Waals surface area contributed by atoms with Crippen LogP contribution < -0.4 is 5.32 Å². The molecule has 0 radical (unpaired) electrons. The molecule has 3 aromatic rings. The monoisotopic (exact) mass is 479 g/mol. The summed E-state index contributed by atoms with van der Waals surface area (Å²) in [6, 6.07) is 15.4. The van der Waals surface area contributed by atoms with Gasteiger partial charge in [0.15, 0.2) is 0 Å². The third-order valence-corrected chi connectivity index (χ3v) is 6.49. The van der Waals surface area contributed by atoms with E-state index >= 15 is 0 Å². The zero-order valence-corrected chi connectivity index (χ0v) is 19.6. The topological polar surface area (TPSA) is 54.3 Å². The van der Waals surface area contributed by atoms with Gasteiger partial charge in [0.05, 0.1) is 5.56 Å². The number of carbonyl (C=O) groups is 2. The Morgan fingerprint density at radius 3 is 2.29 bits per heavy atom. The van der Waals surface area contributed by atoms with Gasteiger partial charge in [-0.25, -0.2) is 0 Å². The highest BCUT2D eigenvalue weighted by Gasteiger charge is 2.23. The number of benzene rings is 2. The molecular formula is C25H26BrN3O2. The van der Waals surface area contributed by atoms with Gasteiger partial charge in [-0.1, -0.05) is 22.0 Å². The predicted octanol–water partition coefficient (Wildman–Crippen LogP) is 5.65. The average molecular weight is 480 g/mol. The minimum Gasteiger partial charge on any atom is -0.339 e. The summed E-state index contributed by atoms with van der Waals surface area (Å²) in [6.07, 6.45) is 2.10. The van der Waals surface area contributed by atoms with Gasteiger partial charge in [0.25, 0.3) is 11.8 Å². The molecule has 1 N–H and O–H groups in total. The van der Waals surface area contributed by atoms with Crippen LogP contribution >= 0.6 is 15.9 Å². The number of likely N-dealkylation sites (tertiary alicyclic amines) is 1. The number of nitrogens with zero attached hydrogens (tertiary/aromatic N) is 2. The highest BCUT2D eigenvalue weighted by Crippen LogP contribution is 2.26. The molecule has 160 valence electrons. The van der Waals surface area contributed by atoms with Crippen LogP contribution in [0, 0.1) is 20.8 Å². The first-order valence-electron chi connectivity index (χ1n) is 10.5. The van der Waals surface area contributed by atoms with Crippen molar-refractivity contribution >= 4 is 33.4 Å². The number of hydrogen-bond donors (Lipinski definition) is 1. The first-order valence-corrected chi connectivity index (χ1v) is 11.3. The lowest BCUT2D eigenvalue weighted by molar-refractivity contribution is 0.0791. The highest BCUT2D eigenvalue weighted by atomic mass is 79.9. The van der Waals surface area contributed by atoms with E-state index in [1.807, 2.05) is 74.2 Å². The summed E-state index contributed by atoms with van der Waals surface area (Å²) < 4.78 is 3.08. The third kappa shape index (κ3) is 4.17. The van der Waals surface area contributed by atoms with Crippen LogP contribution in [0.5, 0.6) is 0 Å². The maximum absolute atomic E-state index is 13.1. The molecule has 0 unspecified atom stereocenters. The molecule has 1 aliphatic rings. The van der Waals surface area contributed by atoms with E-state index in [2.05, 4.69) is 25.8 Å². The molecule has 5 nitrogen and oxygen atoms in total. The first-order chi connectivity index (χ1) is 14.9. The first kappa shape index (κ1) is 21.4. The second-order valence-electron chi connectivity index (χ2n) is 8.03. The van der Waals surface area contributed by atoms with E-state index in [0.717, 1.165) is 53.0 Å². The summed E-state index contributed by atoms with van der Waals surface area (Å²) in [7, 11) is 0. The number of anilines is 1. The smallest absolute Gasteiger partial charge is 0.257 e. The van der Waals surface area contributed by atoms with E-state index < -0.39 is 0 Å². The highest BCUT2D eigenvalue weighted by molar-refractivity contribution is 9.10. The lowest BCUT2D eigenvalue weighted by Gasteiger charge is -2.18. The van der Waals surface area contributed by atoms with Crippen molar-refractivity contribution in [2.45, 2.75) is 33.6 Å². The Morgan fingerprint density at radius 2 is 1.61 bits per heavy atom. The van der Waals surface area contributed by atoms with Crippen LogP contribution in [0.1, 0.15) is 50.5 Å². The summed E-state index contributed by atoms with van der Waals surface area (Å²) in [5.74, 6) is -0.134. The maximum atomic E-state index is 13.1. The van der Waals surface area contributed by atoms with Crippen LogP contribution in [0.2, 0.25) is 0 Å². The molecule has 1 fully saturated rings. The van der Waals surface area contributed by atoms with E-state index in [9.17, 15) is 9.59 Å². The second-order valence-corrected chi connectivity index (χ2v) is 8.94. The van der Waals surface area contributed by atoms with Gasteiger partial charge in [0.1, 0.15) is 0 Å². The lowest BCUT2D eigenvalue weighted by atomic mass is 10.0. The Morgan fingerprint density at radius 1 is 0.935 bits per heavy atom. The number of amides is 2. The van der Waals surface area contributed by atoms with Crippen molar-refractivity contribution in [2.75, 3.05) is 18.4 Å². The Bertz CT molecular complexity index is 1140. The van der Waals surface area contributed by atoms with E-state index in [1.165, 1.54) is 0 Å². The molecule has 0 atom stereocenters. The molecule has 0 spiro atoms. The number of nitrogens with one attached hydrogen (secondary N) is 1. The fraction of sp³-hybridized carbons (Fsp3) is 0.280.